The Morgan fingerprint density at radius 2 is 2.15 bits per heavy atom. The molecule has 0 bridgehead atoms. The Kier molecular flexibility index (Phi) is 2.66. The third-order valence-electron chi connectivity index (χ3n) is 2.06. The summed E-state index contributed by atoms with van der Waals surface area (Å²) in [4.78, 5) is 10.9. The molecule has 0 aliphatic heterocycles. The van der Waals surface area contributed by atoms with Crippen LogP contribution in [0, 0.1) is 12.7 Å². The lowest BCUT2D eigenvalue weighted by molar-refractivity contribution is 0.0999. The average Bonchev–Trinajstić information content (AvgIpc) is 2.09. The molecule has 0 fully saturated rings. The van der Waals surface area contributed by atoms with E-state index in [4.69, 9.17) is 5.73 Å². The predicted octanol–water partition coefficient (Wildman–Crippen LogP) is 1.80. The van der Waals surface area contributed by atoms with E-state index in [-0.39, 0.29) is 11.4 Å². The van der Waals surface area contributed by atoms with Gasteiger partial charge in [-0.15, -0.1) is 0 Å². The average molecular weight is 181 g/mol. The van der Waals surface area contributed by atoms with Crippen molar-refractivity contribution in [1.82, 2.24) is 0 Å². The minimum atomic E-state index is -0.573. The highest BCUT2D eigenvalue weighted by molar-refractivity contribution is 5.94. The maximum Gasteiger partial charge on any atom is 0.249 e. The number of hydrogen-bond acceptors (Lipinski definition) is 1. The van der Waals surface area contributed by atoms with Crippen molar-refractivity contribution in [1.29, 1.82) is 0 Å². The van der Waals surface area contributed by atoms with E-state index in [0.717, 1.165) is 0 Å². The number of rotatable bonds is 2. The van der Waals surface area contributed by atoms with Gasteiger partial charge in [0.1, 0.15) is 5.82 Å². The Bertz CT molecular complexity index is 347. The van der Waals surface area contributed by atoms with Gasteiger partial charge in [-0.3, -0.25) is 4.79 Å². The molecule has 0 aliphatic carbocycles. The number of aryl methyl sites for hydroxylation is 1. The monoisotopic (exact) mass is 181 g/mol. The molecule has 70 valence electrons. The molecule has 0 aromatic heterocycles. The number of carbonyl (C=O) groups excluding carboxylic acids is 1. The summed E-state index contributed by atoms with van der Waals surface area (Å²) < 4.78 is 13.4. The number of primary amides is 1. The van der Waals surface area contributed by atoms with E-state index < -0.39 is 5.91 Å². The maximum atomic E-state index is 13.4. The van der Waals surface area contributed by atoms with Crippen LogP contribution in [-0.4, -0.2) is 5.91 Å². The molecule has 3 heteroatoms. The van der Waals surface area contributed by atoms with Crippen molar-refractivity contribution in [2.24, 2.45) is 5.73 Å². The standard InChI is InChI=1S/C10H12FNO/c1-3-7-8(10(12)13)5-4-6(2)9(7)11/h4-5H,3H2,1-2H3,(H2,12,13). The molecule has 1 aromatic carbocycles. The third kappa shape index (κ3) is 1.69. The molecule has 0 unspecified atom stereocenters. The molecule has 1 rings (SSSR count). The SMILES string of the molecule is CCc1c(C(N)=O)ccc(C)c1F. The summed E-state index contributed by atoms with van der Waals surface area (Å²) in [6.07, 6.45) is 0.478. The van der Waals surface area contributed by atoms with Crippen LogP contribution in [-0.2, 0) is 6.42 Å². The smallest absolute Gasteiger partial charge is 0.249 e. The number of nitrogens with two attached hydrogens (primary N) is 1. The largest absolute Gasteiger partial charge is 0.366 e. The van der Waals surface area contributed by atoms with E-state index in [0.29, 0.717) is 17.5 Å². The Hall–Kier alpha value is -1.38. The normalized spacial score (nSPS) is 10.1. The predicted molar refractivity (Wildman–Crippen MR) is 49.0 cm³/mol. The van der Waals surface area contributed by atoms with Gasteiger partial charge in [-0.05, 0) is 25.0 Å². The number of benzene rings is 1. The Morgan fingerprint density at radius 3 is 2.62 bits per heavy atom. The Balaban J connectivity index is 3.38. The van der Waals surface area contributed by atoms with Crippen molar-refractivity contribution < 1.29 is 9.18 Å². The number of carbonyl (C=O) groups is 1. The molecule has 0 spiro atoms. The maximum absolute atomic E-state index is 13.4. The van der Waals surface area contributed by atoms with E-state index in [2.05, 4.69) is 0 Å². The van der Waals surface area contributed by atoms with Crippen LogP contribution in [0.1, 0.15) is 28.4 Å². The highest BCUT2D eigenvalue weighted by Gasteiger charge is 2.12. The van der Waals surface area contributed by atoms with Crippen LogP contribution in [0.3, 0.4) is 0 Å². The van der Waals surface area contributed by atoms with E-state index in [1.165, 1.54) is 0 Å². The van der Waals surface area contributed by atoms with E-state index in [1.807, 2.05) is 0 Å². The molecule has 0 saturated carbocycles. The van der Waals surface area contributed by atoms with Crippen molar-refractivity contribution in [3.8, 4) is 0 Å². The number of amides is 1. The van der Waals surface area contributed by atoms with Crippen molar-refractivity contribution in [2.45, 2.75) is 20.3 Å². The van der Waals surface area contributed by atoms with Crippen molar-refractivity contribution in [3.63, 3.8) is 0 Å². The van der Waals surface area contributed by atoms with E-state index >= 15 is 0 Å². The van der Waals surface area contributed by atoms with Gasteiger partial charge >= 0.3 is 0 Å². The Labute approximate surface area is 76.6 Å². The first-order valence-electron chi connectivity index (χ1n) is 4.15. The lowest BCUT2D eigenvalue weighted by Gasteiger charge is -2.07. The van der Waals surface area contributed by atoms with Gasteiger partial charge in [-0.25, -0.2) is 4.39 Å². The second-order valence-electron chi connectivity index (χ2n) is 2.94. The van der Waals surface area contributed by atoms with Gasteiger partial charge in [0, 0.05) is 11.1 Å². The zero-order valence-electron chi connectivity index (χ0n) is 7.73. The molecule has 0 atom stereocenters. The minimum Gasteiger partial charge on any atom is -0.366 e. The number of halogens is 1. The molecular weight excluding hydrogens is 169 g/mol. The first kappa shape index (κ1) is 9.71. The molecule has 1 amide bonds. The molecule has 0 heterocycles. The highest BCUT2D eigenvalue weighted by Crippen LogP contribution is 2.17. The molecule has 13 heavy (non-hydrogen) atoms. The second-order valence-corrected chi connectivity index (χ2v) is 2.94. The highest BCUT2D eigenvalue weighted by atomic mass is 19.1. The van der Waals surface area contributed by atoms with Gasteiger partial charge in [-0.2, -0.15) is 0 Å². The third-order valence-corrected chi connectivity index (χ3v) is 2.06. The summed E-state index contributed by atoms with van der Waals surface area (Å²) in [5, 5.41) is 0. The lowest BCUT2D eigenvalue weighted by Crippen LogP contribution is -2.15. The fourth-order valence-corrected chi connectivity index (χ4v) is 1.31. The van der Waals surface area contributed by atoms with Gasteiger partial charge in [0.2, 0.25) is 5.91 Å². The van der Waals surface area contributed by atoms with Crippen molar-refractivity contribution >= 4 is 5.91 Å². The topological polar surface area (TPSA) is 43.1 Å². The van der Waals surface area contributed by atoms with Gasteiger partial charge < -0.3 is 5.73 Å². The zero-order valence-corrected chi connectivity index (χ0v) is 7.73. The molecule has 0 saturated heterocycles. The fourth-order valence-electron chi connectivity index (χ4n) is 1.31. The van der Waals surface area contributed by atoms with Gasteiger partial charge in [0.15, 0.2) is 0 Å². The van der Waals surface area contributed by atoms with E-state index in [9.17, 15) is 9.18 Å². The van der Waals surface area contributed by atoms with Crippen LogP contribution in [0.25, 0.3) is 0 Å². The van der Waals surface area contributed by atoms with Gasteiger partial charge in [0.05, 0.1) is 0 Å². The zero-order chi connectivity index (χ0) is 10.0. The number of hydrogen-bond donors (Lipinski definition) is 1. The van der Waals surface area contributed by atoms with Crippen molar-refractivity contribution in [2.75, 3.05) is 0 Å². The molecule has 2 nitrogen and oxygen atoms in total. The molecule has 0 aliphatic rings. The summed E-state index contributed by atoms with van der Waals surface area (Å²) >= 11 is 0. The molecule has 1 aromatic rings. The molecule has 0 radical (unpaired) electrons. The van der Waals surface area contributed by atoms with Crippen molar-refractivity contribution in [3.05, 3.63) is 34.6 Å². The summed E-state index contributed by atoms with van der Waals surface area (Å²) in [6, 6.07) is 3.13. The fraction of sp³-hybridized carbons (Fsp3) is 0.300. The summed E-state index contributed by atoms with van der Waals surface area (Å²) in [6.45, 7) is 3.46. The van der Waals surface area contributed by atoms with Gasteiger partial charge in [0.25, 0.3) is 0 Å². The summed E-state index contributed by atoms with van der Waals surface area (Å²) in [5.41, 5.74) is 6.34. The van der Waals surface area contributed by atoms with Crippen LogP contribution in [0.2, 0.25) is 0 Å². The van der Waals surface area contributed by atoms with Gasteiger partial charge in [-0.1, -0.05) is 13.0 Å². The Morgan fingerprint density at radius 1 is 1.54 bits per heavy atom. The first-order valence-corrected chi connectivity index (χ1v) is 4.15. The van der Waals surface area contributed by atoms with Crippen LogP contribution in [0.5, 0.6) is 0 Å². The first-order chi connectivity index (χ1) is 6.07. The van der Waals surface area contributed by atoms with Crippen LogP contribution < -0.4 is 5.73 Å². The molecular formula is C10H12FNO. The quantitative estimate of drug-likeness (QED) is 0.742. The van der Waals surface area contributed by atoms with Crippen LogP contribution >= 0.6 is 0 Å². The summed E-state index contributed by atoms with van der Waals surface area (Å²) in [5.74, 6) is -0.894. The summed E-state index contributed by atoms with van der Waals surface area (Å²) in [7, 11) is 0. The minimum absolute atomic E-state index is 0.283. The molecule has 2 N–H and O–H groups in total. The lowest BCUT2D eigenvalue weighted by atomic mass is 10.0. The van der Waals surface area contributed by atoms with E-state index in [1.54, 1.807) is 26.0 Å². The second kappa shape index (κ2) is 3.56. The van der Waals surface area contributed by atoms with Crippen LogP contribution in [0.15, 0.2) is 12.1 Å². The van der Waals surface area contributed by atoms with Crippen LogP contribution in [0.4, 0.5) is 4.39 Å².